The maximum atomic E-state index is 13.0. The second-order valence-corrected chi connectivity index (χ2v) is 7.02. The van der Waals surface area contributed by atoms with Crippen molar-refractivity contribution in [3.05, 3.63) is 52.8 Å². The topological polar surface area (TPSA) is 66.1 Å². The Hall–Kier alpha value is -2.43. The zero-order valence-electron chi connectivity index (χ0n) is 14.3. The number of carbonyl (C=O) groups is 2. The molecule has 25 heavy (non-hydrogen) atoms. The standard InChI is InChI=1S/C20H23N3O2/c24-18(14-7-2-1-3-8-14)13-15-9-6-12-23(15)20(25)19-16-10-4-5-11-17(16)21-22-19/h1-3,7-8,15H,4-6,9-13H2,(H,21,22)/t15-/m0/s1. The summed E-state index contributed by atoms with van der Waals surface area (Å²) in [5, 5.41) is 7.36. The van der Waals surface area contributed by atoms with Crippen LogP contribution in [0.3, 0.4) is 0 Å². The molecule has 1 atom stereocenters. The average Bonchev–Trinajstić information content (AvgIpc) is 3.29. The number of nitrogens with one attached hydrogen (secondary N) is 1. The van der Waals surface area contributed by atoms with Crippen LogP contribution in [0.25, 0.3) is 0 Å². The number of Topliss-reactive ketones (excluding diaryl/α,β-unsaturated/α-hetero) is 1. The van der Waals surface area contributed by atoms with Gasteiger partial charge in [-0.15, -0.1) is 0 Å². The molecule has 1 aromatic carbocycles. The molecule has 5 nitrogen and oxygen atoms in total. The molecule has 2 heterocycles. The molecule has 5 heteroatoms. The second-order valence-electron chi connectivity index (χ2n) is 7.02. The smallest absolute Gasteiger partial charge is 0.274 e. The summed E-state index contributed by atoms with van der Waals surface area (Å²) in [6.07, 6.45) is 6.40. The van der Waals surface area contributed by atoms with E-state index < -0.39 is 0 Å². The number of ketones is 1. The van der Waals surface area contributed by atoms with Gasteiger partial charge in [-0.2, -0.15) is 5.10 Å². The number of nitrogens with zero attached hydrogens (tertiary/aromatic N) is 2. The predicted octanol–water partition coefficient (Wildman–Crippen LogP) is 3.17. The first-order valence-corrected chi connectivity index (χ1v) is 9.19. The molecule has 1 aromatic heterocycles. The Labute approximate surface area is 147 Å². The first-order chi connectivity index (χ1) is 12.2. The van der Waals surface area contributed by atoms with Crippen LogP contribution in [0.1, 0.15) is 64.2 Å². The van der Waals surface area contributed by atoms with Crippen molar-refractivity contribution in [3.8, 4) is 0 Å². The summed E-state index contributed by atoms with van der Waals surface area (Å²) in [6, 6.07) is 9.32. The van der Waals surface area contributed by atoms with Gasteiger partial charge in [-0.3, -0.25) is 14.7 Å². The van der Waals surface area contributed by atoms with Crippen molar-refractivity contribution in [2.75, 3.05) is 6.54 Å². The van der Waals surface area contributed by atoms with E-state index in [-0.39, 0.29) is 17.7 Å². The number of rotatable bonds is 4. The maximum absolute atomic E-state index is 13.0. The average molecular weight is 337 g/mol. The summed E-state index contributed by atoms with van der Waals surface area (Å²) >= 11 is 0. The lowest BCUT2D eigenvalue weighted by atomic mass is 9.95. The lowest BCUT2D eigenvalue weighted by molar-refractivity contribution is 0.0710. The molecule has 4 rings (SSSR count). The van der Waals surface area contributed by atoms with Crippen LogP contribution >= 0.6 is 0 Å². The Morgan fingerprint density at radius 1 is 1.12 bits per heavy atom. The molecule has 0 unspecified atom stereocenters. The monoisotopic (exact) mass is 337 g/mol. The van der Waals surface area contributed by atoms with Crippen LogP contribution in [0.5, 0.6) is 0 Å². The molecule has 1 aliphatic heterocycles. The van der Waals surface area contributed by atoms with Crippen LogP contribution in [0.15, 0.2) is 30.3 Å². The molecule has 1 amide bonds. The molecule has 2 aromatic rings. The summed E-state index contributed by atoms with van der Waals surface area (Å²) in [5.41, 5.74) is 3.51. The minimum Gasteiger partial charge on any atom is -0.334 e. The summed E-state index contributed by atoms with van der Waals surface area (Å²) in [6.45, 7) is 0.715. The number of fused-ring (bicyclic) bond motifs is 1. The lowest BCUT2D eigenvalue weighted by Crippen LogP contribution is -2.37. The van der Waals surface area contributed by atoms with Crippen molar-refractivity contribution in [2.45, 2.75) is 51.0 Å². The van der Waals surface area contributed by atoms with Crippen LogP contribution in [0.2, 0.25) is 0 Å². The molecule has 130 valence electrons. The summed E-state index contributed by atoms with van der Waals surface area (Å²) in [5.74, 6) is 0.0946. The molecule has 0 radical (unpaired) electrons. The summed E-state index contributed by atoms with van der Waals surface area (Å²) in [7, 11) is 0. The van der Waals surface area contributed by atoms with Crippen molar-refractivity contribution in [1.29, 1.82) is 0 Å². The second kappa shape index (κ2) is 6.82. The van der Waals surface area contributed by atoms with E-state index in [0.717, 1.165) is 55.3 Å². The Morgan fingerprint density at radius 3 is 2.76 bits per heavy atom. The normalized spacial score (nSPS) is 19.7. The Balaban J connectivity index is 1.50. The van der Waals surface area contributed by atoms with Gasteiger partial charge in [-0.1, -0.05) is 30.3 Å². The lowest BCUT2D eigenvalue weighted by Gasteiger charge is -2.24. The largest absolute Gasteiger partial charge is 0.334 e. The minimum absolute atomic E-state index is 0.0113. The van der Waals surface area contributed by atoms with Gasteiger partial charge in [0.05, 0.1) is 0 Å². The van der Waals surface area contributed by atoms with Gasteiger partial charge in [0.15, 0.2) is 11.5 Å². The van der Waals surface area contributed by atoms with Gasteiger partial charge >= 0.3 is 0 Å². The SMILES string of the molecule is O=C(C[C@@H]1CCCN1C(=O)c1n[nH]c2c1CCCC2)c1ccccc1. The van der Waals surface area contributed by atoms with E-state index in [1.165, 1.54) is 0 Å². The molecule has 2 aliphatic rings. The number of carbonyl (C=O) groups excluding carboxylic acids is 2. The Bertz CT molecular complexity index is 781. The van der Waals surface area contributed by atoms with E-state index >= 15 is 0 Å². The van der Waals surface area contributed by atoms with Crippen molar-refractivity contribution in [3.63, 3.8) is 0 Å². The van der Waals surface area contributed by atoms with Gasteiger partial charge in [0.2, 0.25) is 0 Å². The van der Waals surface area contributed by atoms with E-state index in [4.69, 9.17) is 0 Å². The van der Waals surface area contributed by atoms with Crippen LogP contribution in [0, 0.1) is 0 Å². The highest BCUT2D eigenvalue weighted by molar-refractivity contribution is 5.98. The number of hydrogen-bond donors (Lipinski definition) is 1. The molecular formula is C20H23N3O2. The number of H-pyrrole nitrogens is 1. The fourth-order valence-electron chi connectivity index (χ4n) is 4.07. The molecule has 1 aliphatic carbocycles. The van der Waals surface area contributed by atoms with Gasteiger partial charge in [0.25, 0.3) is 5.91 Å². The van der Waals surface area contributed by atoms with E-state index in [1.54, 1.807) is 0 Å². The Morgan fingerprint density at radius 2 is 1.92 bits per heavy atom. The number of benzene rings is 1. The van der Waals surface area contributed by atoms with Crippen LogP contribution < -0.4 is 0 Å². The highest BCUT2D eigenvalue weighted by Gasteiger charge is 2.34. The highest BCUT2D eigenvalue weighted by Crippen LogP contribution is 2.27. The third-order valence-electron chi connectivity index (χ3n) is 5.41. The van der Waals surface area contributed by atoms with Gasteiger partial charge in [-0.25, -0.2) is 0 Å². The van der Waals surface area contributed by atoms with Crippen LogP contribution in [0.4, 0.5) is 0 Å². The van der Waals surface area contributed by atoms with E-state index in [0.29, 0.717) is 18.7 Å². The quantitative estimate of drug-likeness (QED) is 0.872. The molecule has 1 N–H and O–H groups in total. The van der Waals surface area contributed by atoms with Gasteiger partial charge in [0.1, 0.15) is 0 Å². The number of aromatic amines is 1. The minimum atomic E-state index is -0.0175. The number of aromatic nitrogens is 2. The van der Waals surface area contributed by atoms with E-state index in [1.807, 2.05) is 35.2 Å². The van der Waals surface area contributed by atoms with Crippen LogP contribution in [-0.2, 0) is 12.8 Å². The third kappa shape index (κ3) is 3.11. The maximum Gasteiger partial charge on any atom is 0.274 e. The highest BCUT2D eigenvalue weighted by atomic mass is 16.2. The van der Waals surface area contributed by atoms with Crippen molar-refractivity contribution in [2.24, 2.45) is 0 Å². The molecule has 1 saturated heterocycles. The summed E-state index contributed by atoms with van der Waals surface area (Å²) in [4.78, 5) is 27.4. The third-order valence-corrected chi connectivity index (χ3v) is 5.41. The fraction of sp³-hybridized carbons (Fsp3) is 0.450. The van der Waals surface area contributed by atoms with E-state index in [2.05, 4.69) is 10.2 Å². The van der Waals surface area contributed by atoms with E-state index in [9.17, 15) is 9.59 Å². The number of likely N-dealkylation sites (tertiary alicyclic amines) is 1. The molecule has 0 saturated carbocycles. The van der Waals surface area contributed by atoms with Crippen molar-refractivity contribution in [1.82, 2.24) is 15.1 Å². The zero-order valence-corrected chi connectivity index (χ0v) is 14.3. The number of hydrogen-bond acceptors (Lipinski definition) is 3. The first-order valence-electron chi connectivity index (χ1n) is 9.19. The first kappa shape index (κ1) is 16.1. The number of aryl methyl sites for hydroxylation is 1. The predicted molar refractivity (Wildman–Crippen MR) is 94.7 cm³/mol. The molecule has 0 bridgehead atoms. The Kier molecular flexibility index (Phi) is 4.38. The van der Waals surface area contributed by atoms with Gasteiger partial charge in [-0.05, 0) is 38.5 Å². The van der Waals surface area contributed by atoms with Crippen molar-refractivity contribution >= 4 is 11.7 Å². The molecular weight excluding hydrogens is 314 g/mol. The molecule has 1 fully saturated rings. The van der Waals surface area contributed by atoms with Gasteiger partial charge < -0.3 is 4.90 Å². The van der Waals surface area contributed by atoms with Crippen LogP contribution in [-0.4, -0.2) is 39.4 Å². The summed E-state index contributed by atoms with van der Waals surface area (Å²) < 4.78 is 0. The molecule has 0 spiro atoms. The van der Waals surface area contributed by atoms with Gasteiger partial charge in [0, 0.05) is 35.8 Å². The fourth-order valence-corrected chi connectivity index (χ4v) is 4.07. The zero-order chi connectivity index (χ0) is 17.2. The van der Waals surface area contributed by atoms with Crippen molar-refractivity contribution < 1.29 is 9.59 Å². The number of amides is 1.